The first kappa shape index (κ1) is 18.6. The molecule has 0 saturated carbocycles. The summed E-state index contributed by atoms with van der Waals surface area (Å²) >= 11 is 1.72. The highest BCUT2D eigenvalue weighted by atomic mass is 32.1. The molecule has 2 aromatic carbocycles. The summed E-state index contributed by atoms with van der Waals surface area (Å²) in [6.45, 7) is 2.90. The molecule has 144 valence electrons. The van der Waals surface area contributed by atoms with Crippen LogP contribution in [0, 0.1) is 5.92 Å². The molecule has 0 aliphatic carbocycles. The van der Waals surface area contributed by atoms with Gasteiger partial charge in [-0.15, -0.1) is 11.3 Å². The maximum Gasteiger partial charge on any atom is 0.227 e. The van der Waals surface area contributed by atoms with Crippen molar-refractivity contribution in [3.05, 3.63) is 59.1 Å². The number of fused-ring (bicyclic) bond motifs is 1. The number of aromatic nitrogens is 1. The monoisotopic (exact) mass is 393 g/mol. The molecule has 0 radical (unpaired) electrons. The lowest BCUT2D eigenvalue weighted by Gasteiger charge is -2.30. The normalized spacial score (nSPS) is 15.0. The number of likely N-dealkylation sites (tertiary alicyclic amines) is 1. The molecule has 0 bridgehead atoms. The van der Waals surface area contributed by atoms with Crippen molar-refractivity contribution in [3.63, 3.8) is 0 Å². The van der Waals surface area contributed by atoms with Crippen molar-refractivity contribution in [3.8, 4) is 0 Å². The number of nitrogens with one attached hydrogen (secondary N) is 1. The molecule has 2 amide bonds. The van der Waals surface area contributed by atoms with Crippen LogP contribution in [0.2, 0.25) is 0 Å². The second-order valence-corrected chi connectivity index (χ2v) is 8.33. The van der Waals surface area contributed by atoms with Gasteiger partial charge in [-0.25, -0.2) is 4.98 Å². The van der Waals surface area contributed by atoms with Crippen LogP contribution in [-0.4, -0.2) is 34.8 Å². The number of hydrogen-bond donors (Lipinski definition) is 1. The maximum atomic E-state index is 12.5. The van der Waals surface area contributed by atoms with Gasteiger partial charge in [0, 0.05) is 38.0 Å². The van der Waals surface area contributed by atoms with Crippen LogP contribution in [0.3, 0.4) is 0 Å². The van der Waals surface area contributed by atoms with E-state index in [0.29, 0.717) is 13.1 Å². The van der Waals surface area contributed by atoms with Crippen LogP contribution >= 0.6 is 11.3 Å². The Morgan fingerprint density at radius 3 is 2.50 bits per heavy atom. The number of rotatable bonds is 4. The quantitative estimate of drug-likeness (QED) is 0.726. The third-order valence-corrected chi connectivity index (χ3v) is 6.26. The van der Waals surface area contributed by atoms with E-state index in [1.165, 1.54) is 10.3 Å². The van der Waals surface area contributed by atoms with Crippen molar-refractivity contribution >= 4 is 39.1 Å². The minimum Gasteiger partial charge on any atom is -0.343 e. The van der Waals surface area contributed by atoms with E-state index in [4.69, 9.17) is 0 Å². The summed E-state index contributed by atoms with van der Waals surface area (Å²) in [6, 6.07) is 16.2. The number of carbonyl (C=O) groups excluding carboxylic acids is 2. The number of piperidine rings is 1. The summed E-state index contributed by atoms with van der Waals surface area (Å²) in [5.74, 6) is 0.0997. The second-order valence-electron chi connectivity index (χ2n) is 7.22. The number of amides is 2. The van der Waals surface area contributed by atoms with E-state index in [1.807, 2.05) is 42.5 Å². The van der Waals surface area contributed by atoms with Crippen LogP contribution in [0.15, 0.2) is 48.5 Å². The molecule has 1 fully saturated rings. The van der Waals surface area contributed by atoms with Crippen molar-refractivity contribution in [1.82, 2.24) is 9.88 Å². The lowest BCUT2D eigenvalue weighted by atomic mass is 9.95. The maximum absolute atomic E-state index is 12.5. The lowest BCUT2D eigenvalue weighted by molar-refractivity contribution is -0.132. The molecule has 1 N–H and O–H groups in total. The van der Waals surface area contributed by atoms with E-state index in [2.05, 4.69) is 16.4 Å². The summed E-state index contributed by atoms with van der Waals surface area (Å²) in [5, 5.41) is 4.11. The average Bonchev–Trinajstić information content (AvgIpc) is 3.12. The highest BCUT2D eigenvalue weighted by Crippen LogP contribution is 2.24. The first-order chi connectivity index (χ1) is 13.6. The molecule has 0 unspecified atom stereocenters. The molecule has 6 heteroatoms. The summed E-state index contributed by atoms with van der Waals surface area (Å²) in [5.41, 5.74) is 3.03. The van der Waals surface area contributed by atoms with Crippen LogP contribution in [0.4, 0.5) is 5.69 Å². The number of nitrogens with zero attached hydrogens (tertiary/aromatic N) is 2. The minimum absolute atomic E-state index is 0.0296. The van der Waals surface area contributed by atoms with E-state index < -0.39 is 0 Å². The Balaban J connectivity index is 1.34. The number of thiazole rings is 1. The molecular formula is C22H23N3O2S. The van der Waals surface area contributed by atoms with Crippen LogP contribution in [0.25, 0.3) is 10.2 Å². The van der Waals surface area contributed by atoms with Crippen molar-refractivity contribution in [1.29, 1.82) is 0 Å². The van der Waals surface area contributed by atoms with Gasteiger partial charge in [0.1, 0.15) is 0 Å². The molecular weight excluding hydrogens is 370 g/mol. The number of para-hydroxylation sites is 1. The zero-order valence-electron chi connectivity index (χ0n) is 15.9. The van der Waals surface area contributed by atoms with Gasteiger partial charge in [0.15, 0.2) is 0 Å². The van der Waals surface area contributed by atoms with Gasteiger partial charge in [-0.1, -0.05) is 24.3 Å². The molecule has 0 spiro atoms. The average molecular weight is 394 g/mol. The summed E-state index contributed by atoms with van der Waals surface area (Å²) in [7, 11) is 0. The molecule has 1 aliphatic heterocycles. The Morgan fingerprint density at radius 2 is 1.82 bits per heavy atom. The second kappa shape index (κ2) is 8.10. The van der Waals surface area contributed by atoms with Crippen molar-refractivity contribution < 1.29 is 9.59 Å². The van der Waals surface area contributed by atoms with E-state index in [0.717, 1.165) is 35.5 Å². The molecule has 4 rings (SSSR count). The molecule has 1 aromatic heterocycles. The number of carbonyl (C=O) groups is 2. The first-order valence-electron chi connectivity index (χ1n) is 9.58. The van der Waals surface area contributed by atoms with Crippen molar-refractivity contribution in [2.24, 2.45) is 5.92 Å². The largest absolute Gasteiger partial charge is 0.343 e. The zero-order valence-corrected chi connectivity index (χ0v) is 16.7. The number of anilines is 1. The smallest absolute Gasteiger partial charge is 0.227 e. The number of hydrogen-bond acceptors (Lipinski definition) is 4. The molecule has 1 saturated heterocycles. The SMILES string of the molecule is CC(=O)N1CCC(C(=O)Nc2ccc(Cc3nc4ccccc4s3)cc2)CC1. The van der Waals surface area contributed by atoms with Crippen molar-refractivity contribution in [2.75, 3.05) is 18.4 Å². The molecule has 28 heavy (non-hydrogen) atoms. The van der Waals surface area contributed by atoms with Gasteiger partial charge in [-0.3, -0.25) is 9.59 Å². The third-order valence-electron chi connectivity index (χ3n) is 5.23. The molecule has 3 aromatic rings. The summed E-state index contributed by atoms with van der Waals surface area (Å²) in [4.78, 5) is 30.4. The zero-order chi connectivity index (χ0) is 19.5. The van der Waals surface area contributed by atoms with Crippen LogP contribution in [0.1, 0.15) is 30.3 Å². The van der Waals surface area contributed by atoms with Gasteiger partial charge >= 0.3 is 0 Å². The number of benzene rings is 2. The minimum atomic E-state index is -0.0296. The fourth-order valence-corrected chi connectivity index (χ4v) is 4.58. The highest BCUT2D eigenvalue weighted by Gasteiger charge is 2.25. The fourth-order valence-electron chi connectivity index (χ4n) is 3.58. The van der Waals surface area contributed by atoms with Crippen LogP contribution in [0.5, 0.6) is 0 Å². The van der Waals surface area contributed by atoms with Crippen molar-refractivity contribution in [2.45, 2.75) is 26.2 Å². The summed E-state index contributed by atoms with van der Waals surface area (Å²) in [6.07, 6.45) is 2.24. The molecule has 0 atom stereocenters. The first-order valence-corrected chi connectivity index (χ1v) is 10.4. The van der Waals surface area contributed by atoms with E-state index in [1.54, 1.807) is 23.2 Å². The molecule has 5 nitrogen and oxygen atoms in total. The predicted molar refractivity (Wildman–Crippen MR) is 112 cm³/mol. The van der Waals surface area contributed by atoms with Gasteiger partial charge in [0.05, 0.1) is 15.2 Å². The van der Waals surface area contributed by atoms with Gasteiger partial charge in [-0.2, -0.15) is 0 Å². The Bertz CT molecular complexity index is 955. The van der Waals surface area contributed by atoms with Gasteiger partial charge in [0.2, 0.25) is 11.8 Å². The summed E-state index contributed by atoms with van der Waals surface area (Å²) < 4.78 is 1.21. The molecule has 1 aliphatic rings. The Morgan fingerprint density at radius 1 is 1.11 bits per heavy atom. The Kier molecular flexibility index (Phi) is 5.39. The fraction of sp³-hybridized carbons (Fsp3) is 0.318. The standard InChI is InChI=1S/C22H23N3O2S/c1-15(26)25-12-10-17(11-13-25)22(27)23-18-8-6-16(7-9-18)14-21-24-19-4-2-3-5-20(19)28-21/h2-9,17H,10-14H2,1H3,(H,23,27). The van der Waals surface area contributed by atoms with E-state index in [9.17, 15) is 9.59 Å². The Hall–Kier alpha value is -2.73. The lowest BCUT2D eigenvalue weighted by Crippen LogP contribution is -2.40. The van der Waals surface area contributed by atoms with Crippen LogP contribution in [-0.2, 0) is 16.0 Å². The highest BCUT2D eigenvalue weighted by molar-refractivity contribution is 7.18. The van der Waals surface area contributed by atoms with Gasteiger partial charge in [-0.05, 0) is 42.7 Å². The Labute approximate surface area is 168 Å². The van der Waals surface area contributed by atoms with Gasteiger partial charge < -0.3 is 10.2 Å². The topological polar surface area (TPSA) is 62.3 Å². The third kappa shape index (κ3) is 4.22. The molecule has 2 heterocycles. The van der Waals surface area contributed by atoms with E-state index >= 15 is 0 Å². The van der Waals surface area contributed by atoms with E-state index in [-0.39, 0.29) is 17.7 Å². The van der Waals surface area contributed by atoms with Gasteiger partial charge in [0.25, 0.3) is 0 Å². The van der Waals surface area contributed by atoms with Crippen LogP contribution < -0.4 is 5.32 Å². The predicted octanol–water partition coefficient (Wildman–Crippen LogP) is 4.08.